The molecule has 3 amide bonds. The van der Waals surface area contributed by atoms with E-state index >= 15 is 0 Å². The fourth-order valence-corrected chi connectivity index (χ4v) is 2.32. The highest BCUT2D eigenvalue weighted by molar-refractivity contribution is 7.80. The van der Waals surface area contributed by atoms with E-state index in [4.69, 9.17) is 21.1 Å². The molecular formula is C16H26N4O9S. The summed E-state index contributed by atoms with van der Waals surface area (Å²) in [5, 5.41) is 32.9. The molecule has 0 aliphatic heterocycles. The molecule has 0 aromatic carbocycles. The minimum atomic E-state index is -1.38. The summed E-state index contributed by atoms with van der Waals surface area (Å²) in [6.45, 7) is 1.19. The predicted octanol–water partition coefficient (Wildman–Crippen LogP) is -2.47. The first-order valence-electron chi connectivity index (χ1n) is 8.83. The van der Waals surface area contributed by atoms with Crippen molar-refractivity contribution in [2.45, 2.75) is 56.8 Å². The van der Waals surface area contributed by atoms with Gasteiger partial charge >= 0.3 is 17.9 Å². The van der Waals surface area contributed by atoms with Gasteiger partial charge in [0.2, 0.25) is 17.7 Å². The fourth-order valence-electron chi connectivity index (χ4n) is 2.07. The average Bonchev–Trinajstić information content (AvgIpc) is 2.66. The van der Waals surface area contributed by atoms with Gasteiger partial charge < -0.3 is 37.0 Å². The Bertz CT molecular complexity index is 673. The highest BCUT2D eigenvalue weighted by Crippen LogP contribution is 2.02. The predicted molar refractivity (Wildman–Crippen MR) is 105 cm³/mol. The van der Waals surface area contributed by atoms with Crippen LogP contribution < -0.4 is 21.7 Å². The van der Waals surface area contributed by atoms with Crippen molar-refractivity contribution in [3.05, 3.63) is 0 Å². The molecule has 0 heterocycles. The molecule has 0 spiro atoms. The molecule has 0 rings (SSSR count). The molecule has 0 bridgehead atoms. The standard InChI is InChI=1S/C16H26N4O9S/c1-7(16(28)29)18-14(26)9(3-5-12(23)24)19-15(27)10(6-30)20-13(25)8(17)2-4-11(21)22/h7-10,30H,2-6,17H2,1H3,(H,18,26)(H,19,27)(H,20,25)(H,21,22)(H,23,24)(H,28,29). The van der Waals surface area contributed by atoms with Crippen molar-refractivity contribution in [2.24, 2.45) is 5.73 Å². The van der Waals surface area contributed by atoms with Crippen molar-refractivity contribution < 1.29 is 44.1 Å². The van der Waals surface area contributed by atoms with Gasteiger partial charge in [-0.3, -0.25) is 28.8 Å². The zero-order valence-corrected chi connectivity index (χ0v) is 17.1. The molecular weight excluding hydrogens is 424 g/mol. The van der Waals surface area contributed by atoms with Crippen LogP contribution in [-0.2, 0) is 28.8 Å². The number of carboxylic acids is 3. The van der Waals surface area contributed by atoms with E-state index in [-0.39, 0.29) is 25.0 Å². The molecule has 0 fully saturated rings. The highest BCUT2D eigenvalue weighted by atomic mass is 32.1. The maximum absolute atomic E-state index is 12.4. The third-order valence-corrected chi connectivity index (χ3v) is 4.20. The molecule has 4 unspecified atom stereocenters. The number of thiol groups is 1. The number of carboxylic acid groups (broad SMARTS) is 3. The molecule has 0 radical (unpaired) electrons. The lowest BCUT2D eigenvalue weighted by molar-refractivity contribution is -0.142. The Balaban J connectivity index is 5.11. The second-order valence-corrected chi connectivity index (χ2v) is 6.71. The van der Waals surface area contributed by atoms with Gasteiger partial charge in [-0.25, -0.2) is 0 Å². The first kappa shape index (κ1) is 27.1. The molecule has 0 aromatic rings. The van der Waals surface area contributed by atoms with Crippen LogP contribution in [0.25, 0.3) is 0 Å². The van der Waals surface area contributed by atoms with Crippen LogP contribution in [0.5, 0.6) is 0 Å². The summed E-state index contributed by atoms with van der Waals surface area (Å²) in [6.07, 6.45) is -1.34. The van der Waals surface area contributed by atoms with Gasteiger partial charge in [0, 0.05) is 18.6 Å². The van der Waals surface area contributed by atoms with Gasteiger partial charge in [-0.1, -0.05) is 0 Å². The van der Waals surface area contributed by atoms with Crippen LogP contribution in [0.2, 0.25) is 0 Å². The molecule has 0 saturated carbocycles. The molecule has 4 atom stereocenters. The van der Waals surface area contributed by atoms with Crippen LogP contribution in [0.4, 0.5) is 0 Å². The van der Waals surface area contributed by atoms with E-state index in [2.05, 4.69) is 28.6 Å². The van der Waals surface area contributed by atoms with Gasteiger partial charge in [0.15, 0.2) is 0 Å². The van der Waals surface area contributed by atoms with Gasteiger partial charge in [-0.2, -0.15) is 12.6 Å². The summed E-state index contributed by atoms with van der Waals surface area (Å²) >= 11 is 3.94. The molecule has 30 heavy (non-hydrogen) atoms. The lowest BCUT2D eigenvalue weighted by Crippen LogP contribution is -2.57. The molecule has 0 aromatic heterocycles. The van der Waals surface area contributed by atoms with Crippen molar-refractivity contribution >= 4 is 48.3 Å². The molecule has 14 heteroatoms. The second-order valence-electron chi connectivity index (χ2n) is 6.34. The summed E-state index contributed by atoms with van der Waals surface area (Å²) in [5.74, 6) is -6.53. The Morgan fingerprint density at radius 2 is 1.27 bits per heavy atom. The van der Waals surface area contributed by atoms with Crippen molar-refractivity contribution in [1.29, 1.82) is 0 Å². The van der Waals surface area contributed by atoms with Crippen LogP contribution in [-0.4, -0.2) is 80.9 Å². The number of nitrogens with one attached hydrogen (secondary N) is 3. The molecule has 0 aliphatic rings. The Morgan fingerprint density at radius 3 is 1.73 bits per heavy atom. The molecule has 8 N–H and O–H groups in total. The van der Waals surface area contributed by atoms with E-state index in [1.165, 1.54) is 6.92 Å². The summed E-state index contributed by atoms with van der Waals surface area (Å²) in [6, 6.07) is -5.11. The van der Waals surface area contributed by atoms with E-state index in [1.807, 2.05) is 0 Å². The summed E-state index contributed by atoms with van der Waals surface area (Å²) in [5.41, 5.74) is 5.57. The van der Waals surface area contributed by atoms with E-state index < -0.39 is 66.2 Å². The maximum atomic E-state index is 12.4. The minimum absolute atomic E-state index is 0.168. The molecule has 170 valence electrons. The van der Waals surface area contributed by atoms with Gasteiger partial charge in [0.25, 0.3) is 0 Å². The van der Waals surface area contributed by atoms with Gasteiger partial charge in [0.05, 0.1) is 6.04 Å². The normalized spacial score (nSPS) is 14.5. The van der Waals surface area contributed by atoms with Crippen molar-refractivity contribution in [3.63, 3.8) is 0 Å². The third kappa shape index (κ3) is 10.6. The number of hydrogen-bond donors (Lipinski definition) is 8. The topological polar surface area (TPSA) is 225 Å². The van der Waals surface area contributed by atoms with Crippen LogP contribution in [0.15, 0.2) is 0 Å². The first-order chi connectivity index (χ1) is 13.9. The molecule has 0 aliphatic carbocycles. The summed E-state index contributed by atoms with van der Waals surface area (Å²) in [7, 11) is 0. The van der Waals surface area contributed by atoms with Crippen LogP contribution in [0, 0.1) is 0 Å². The number of aliphatic carboxylic acids is 3. The third-order valence-electron chi connectivity index (χ3n) is 3.83. The number of carbonyl (C=O) groups excluding carboxylic acids is 3. The van der Waals surface area contributed by atoms with Crippen molar-refractivity contribution in [2.75, 3.05) is 5.75 Å². The van der Waals surface area contributed by atoms with Gasteiger partial charge in [0.1, 0.15) is 18.1 Å². The summed E-state index contributed by atoms with van der Waals surface area (Å²) < 4.78 is 0. The number of carbonyl (C=O) groups is 6. The Labute approximate surface area is 177 Å². The molecule has 0 saturated heterocycles. The van der Waals surface area contributed by atoms with Crippen molar-refractivity contribution in [3.8, 4) is 0 Å². The van der Waals surface area contributed by atoms with E-state index in [0.29, 0.717) is 0 Å². The van der Waals surface area contributed by atoms with Crippen LogP contribution in [0.1, 0.15) is 32.6 Å². The Hall–Kier alpha value is -2.87. The highest BCUT2D eigenvalue weighted by Gasteiger charge is 2.29. The fraction of sp³-hybridized carbons (Fsp3) is 0.625. The lowest BCUT2D eigenvalue weighted by Gasteiger charge is -2.23. The van der Waals surface area contributed by atoms with Gasteiger partial charge in [-0.15, -0.1) is 0 Å². The largest absolute Gasteiger partial charge is 0.481 e. The van der Waals surface area contributed by atoms with E-state index in [9.17, 15) is 28.8 Å². The number of hydrogen-bond acceptors (Lipinski definition) is 8. The SMILES string of the molecule is CC(NC(=O)C(CCC(=O)O)NC(=O)C(CS)NC(=O)C(N)CCC(=O)O)C(=O)O. The first-order valence-corrected chi connectivity index (χ1v) is 9.46. The number of nitrogens with two attached hydrogens (primary N) is 1. The monoisotopic (exact) mass is 450 g/mol. The maximum Gasteiger partial charge on any atom is 0.325 e. The zero-order valence-electron chi connectivity index (χ0n) is 16.2. The van der Waals surface area contributed by atoms with Gasteiger partial charge in [-0.05, 0) is 19.8 Å². The smallest absolute Gasteiger partial charge is 0.325 e. The van der Waals surface area contributed by atoms with Crippen molar-refractivity contribution in [1.82, 2.24) is 16.0 Å². The average molecular weight is 450 g/mol. The number of amides is 3. The lowest BCUT2D eigenvalue weighted by atomic mass is 10.1. The zero-order chi connectivity index (χ0) is 23.4. The van der Waals surface area contributed by atoms with Crippen LogP contribution in [0.3, 0.4) is 0 Å². The Kier molecular flexibility index (Phi) is 12.1. The Morgan fingerprint density at radius 1 is 0.800 bits per heavy atom. The summed E-state index contributed by atoms with van der Waals surface area (Å²) in [4.78, 5) is 68.9. The van der Waals surface area contributed by atoms with E-state index in [0.717, 1.165) is 0 Å². The molecule has 13 nitrogen and oxygen atoms in total. The second kappa shape index (κ2) is 13.4. The number of rotatable bonds is 14. The quantitative estimate of drug-likeness (QED) is 0.130. The minimum Gasteiger partial charge on any atom is -0.481 e. The van der Waals surface area contributed by atoms with Crippen LogP contribution >= 0.6 is 12.6 Å². The van der Waals surface area contributed by atoms with E-state index in [1.54, 1.807) is 0 Å².